The zero-order chi connectivity index (χ0) is 21.4. The summed E-state index contributed by atoms with van der Waals surface area (Å²) >= 11 is 11.9. The Hall–Kier alpha value is -1.60. The van der Waals surface area contributed by atoms with Gasteiger partial charge in [-0.3, -0.25) is 8.87 Å². The van der Waals surface area contributed by atoms with Gasteiger partial charge in [0, 0.05) is 15.4 Å². The van der Waals surface area contributed by atoms with E-state index in [9.17, 15) is 22.8 Å². The van der Waals surface area contributed by atoms with Crippen LogP contribution in [0.25, 0.3) is 10.8 Å². The van der Waals surface area contributed by atoms with Crippen molar-refractivity contribution in [2.24, 2.45) is 0 Å². The van der Waals surface area contributed by atoms with E-state index in [0.717, 1.165) is 9.69 Å². The molecule has 6 nitrogen and oxygen atoms in total. The second-order valence-electron chi connectivity index (χ2n) is 6.41. The molecule has 0 bridgehead atoms. The molecule has 3 aromatic carbocycles. The van der Waals surface area contributed by atoms with Crippen molar-refractivity contribution >= 4 is 57.3 Å². The second kappa shape index (κ2) is 8.26. The number of hydrogen-bond donors (Lipinski definition) is 2. The Morgan fingerprint density at radius 1 is 1.00 bits per heavy atom. The fourth-order valence-electron chi connectivity index (χ4n) is 3.12. The Kier molecular flexibility index (Phi) is 6.30. The van der Waals surface area contributed by atoms with Gasteiger partial charge in [-0.2, -0.15) is 0 Å². The van der Waals surface area contributed by atoms with Crippen LogP contribution in [0.3, 0.4) is 0 Å². The monoisotopic (exact) mass is 473 g/mol. The number of benzene rings is 3. The van der Waals surface area contributed by atoms with Crippen LogP contribution < -0.4 is 4.31 Å². The molecule has 0 unspecified atom stereocenters. The number of rotatable bonds is 6. The van der Waals surface area contributed by atoms with E-state index < -0.39 is 23.9 Å². The molecule has 0 aliphatic heterocycles. The molecular weight excluding hydrogens is 456 g/mol. The first-order valence-corrected chi connectivity index (χ1v) is 12.6. The lowest BCUT2D eigenvalue weighted by molar-refractivity contribution is 0.373. The SMILES string of the molecule is CCc1ccc2ccccc2c1N(CP(=O)(O)O)S(=O)(=O)c1cc(Cl)cc(Cl)c1. The zero-order valence-corrected chi connectivity index (χ0v) is 18.5. The summed E-state index contributed by atoms with van der Waals surface area (Å²) in [5.41, 5.74) is 0.860. The molecule has 0 saturated carbocycles. The van der Waals surface area contributed by atoms with Crippen LogP contribution in [-0.4, -0.2) is 24.5 Å². The van der Waals surface area contributed by atoms with Gasteiger partial charge in [-0.25, -0.2) is 8.42 Å². The molecule has 3 rings (SSSR count). The van der Waals surface area contributed by atoms with Crippen LogP contribution in [0.5, 0.6) is 0 Å². The number of nitrogens with zero attached hydrogens (tertiary/aromatic N) is 1. The summed E-state index contributed by atoms with van der Waals surface area (Å²) in [5, 5.41) is 1.51. The van der Waals surface area contributed by atoms with E-state index in [2.05, 4.69) is 0 Å². The van der Waals surface area contributed by atoms with Gasteiger partial charge in [-0.1, -0.05) is 66.5 Å². The summed E-state index contributed by atoms with van der Waals surface area (Å²) < 4.78 is 39.6. The number of hydrogen-bond acceptors (Lipinski definition) is 3. The highest BCUT2D eigenvalue weighted by molar-refractivity contribution is 7.93. The normalized spacial score (nSPS) is 12.3. The lowest BCUT2D eigenvalue weighted by Crippen LogP contribution is -2.33. The van der Waals surface area contributed by atoms with E-state index in [4.69, 9.17) is 23.2 Å². The molecule has 3 aromatic rings. The number of halogens is 2. The summed E-state index contributed by atoms with van der Waals surface area (Å²) in [5.74, 6) is 0. The molecule has 154 valence electrons. The van der Waals surface area contributed by atoms with E-state index >= 15 is 0 Å². The molecular formula is C19H18Cl2NO5PS. The van der Waals surface area contributed by atoms with Crippen molar-refractivity contribution in [2.45, 2.75) is 18.2 Å². The minimum absolute atomic E-state index is 0.0980. The maximum Gasteiger partial charge on any atom is 0.345 e. The third kappa shape index (κ3) is 4.77. The minimum atomic E-state index is -4.76. The van der Waals surface area contributed by atoms with Crippen molar-refractivity contribution in [3.8, 4) is 0 Å². The molecule has 0 amide bonds. The summed E-state index contributed by atoms with van der Waals surface area (Å²) in [7, 11) is -9.14. The van der Waals surface area contributed by atoms with Gasteiger partial charge in [-0.15, -0.1) is 0 Å². The smallest absolute Gasteiger partial charge is 0.323 e. The first-order chi connectivity index (χ1) is 13.5. The van der Waals surface area contributed by atoms with Gasteiger partial charge < -0.3 is 9.79 Å². The Morgan fingerprint density at radius 2 is 1.62 bits per heavy atom. The van der Waals surface area contributed by atoms with Crippen molar-refractivity contribution in [1.82, 2.24) is 0 Å². The van der Waals surface area contributed by atoms with Gasteiger partial charge in [0.25, 0.3) is 10.0 Å². The molecule has 0 atom stereocenters. The summed E-state index contributed by atoms with van der Waals surface area (Å²) in [6.07, 6.45) is -0.551. The summed E-state index contributed by atoms with van der Waals surface area (Å²) in [4.78, 5) is 19.1. The topological polar surface area (TPSA) is 94.9 Å². The maximum absolute atomic E-state index is 13.5. The number of fused-ring (bicyclic) bond motifs is 1. The summed E-state index contributed by atoms with van der Waals surface area (Å²) in [6, 6.07) is 14.4. The fraction of sp³-hybridized carbons (Fsp3) is 0.158. The predicted molar refractivity (Wildman–Crippen MR) is 116 cm³/mol. The molecule has 29 heavy (non-hydrogen) atoms. The largest absolute Gasteiger partial charge is 0.345 e. The first kappa shape index (κ1) is 22.1. The van der Waals surface area contributed by atoms with Gasteiger partial charge >= 0.3 is 7.60 Å². The van der Waals surface area contributed by atoms with E-state index in [-0.39, 0.29) is 20.6 Å². The van der Waals surface area contributed by atoms with E-state index in [1.54, 1.807) is 30.3 Å². The highest BCUT2D eigenvalue weighted by atomic mass is 35.5. The maximum atomic E-state index is 13.5. The van der Waals surface area contributed by atoms with E-state index in [0.29, 0.717) is 17.4 Å². The third-order valence-electron chi connectivity index (χ3n) is 4.35. The first-order valence-electron chi connectivity index (χ1n) is 8.57. The Bertz CT molecular complexity index is 1210. The van der Waals surface area contributed by atoms with E-state index in [1.807, 2.05) is 13.0 Å². The van der Waals surface area contributed by atoms with Gasteiger partial charge in [0.1, 0.15) is 6.29 Å². The second-order valence-corrected chi connectivity index (χ2v) is 10.8. The zero-order valence-electron chi connectivity index (χ0n) is 15.3. The van der Waals surface area contributed by atoms with Crippen LogP contribution in [0.1, 0.15) is 12.5 Å². The van der Waals surface area contributed by atoms with Gasteiger partial charge in [0.2, 0.25) is 0 Å². The molecule has 10 heteroatoms. The quantitative estimate of drug-likeness (QED) is 0.489. The molecule has 0 aliphatic carbocycles. The van der Waals surface area contributed by atoms with Crippen LogP contribution in [0.15, 0.2) is 59.5 Å². The molecule has 0 spiro atoms. The standard InChI is InChI=1S/C19H18Cl2NO5PS/c1-2-13-7-8-14-5-3-4-6-18(14)19(13)22(12-28(23,24)25)29(26,27)17-10-15(20)9-16(21)11-17/h3-11H,2,12H2,1H3,(H2,23,24,25). The lowest BCUT2D eigenvalue weighted by Gasteiger charge is -2.28. The fourth-order valence-corrected chi connectivity index (χ4v) is 6.57. The number of aryl methyl sites for hydroxylation is 1. The van der Waals surface area contributed by atoms with Crippen molar-refractivity contribution in [2.75, 3.05) is 10.6 Å². The molecule has 0 radical (unpaired) electrons. The molecule has 0 saturated heterocycles. The molecule has 2 N–H and O–H groups in total. The summed E-state index contributed by atoms with van der Waals surface area (Å²) in [6.45, 7) is 1.84. The number of anilines is 1. The van der Waals surface area contributed by atoms with Crippen LogP contribution in [0.2, 0.25) is 10.0 Å². The molecule has 0 aromatic heterocycles. The average Bonchev–Trinajstić information content (AvgIpc) is 2.63. The lowest BCUT2D eigenvalue weighted by atomic mass is 10.0. The Balaban J connectivity index is 2.35. The average molecular weight is 474 g/mol. The molecule has 0 aliphatic rings. The van der Waals surface area contributed by atoms with Crippen LogP contribution in [0.4, 0.5) is 5.69 Å². The molecule has 0 fully saturated rings. The van der Waals surface area contributed by atoms with Gasteiger partial charge in [0.05, 0.1) is 10.6 Å². The van der Waals surface area contributed by atoms with Crippen LogP contribution >= 0.6 is 30.8 Å². The van der Waals surface area contributed by atoms with Crippen LogP contribution in [-0.2, 0) is 21.0 Å². The van der Waals surface area contributed by atoms with Gasteiger partial charge in [-0.05, 0) is 35.6 Å². The third-order valence-corrected chi connectivity index (χ3v) is 7.35. The van der Waals surface area contributed by atoms with Crippen molar-refractivity contribution in [3.05, 3.63) is 70.2 Å². The van der Waals surface area contributed by atoms with Crippen LogP contribution in [0, 0.1) is 0 Å². The highest BCUT2D eigenvalue weighted by Crippen LogP contribution is 2.43. The highest BCUT2D eigenvalue weighted by Gasteiger charge is 2.33. The molecule has 0 heterocycles. The Labute approximate surface area is 178 Å². The number of sulfonamides is 1. The van der Waals surface area contributed by atoms with Crippen molar-refractivity contribution in [3.63, 3.8) is 0 Å². The van der Waals surface area contributed by atoms with Crippen molar-refractivity contribution in [1.29, 1.82) is 0 Å². The minimum Gasteiger partial charge on any atom is -0.323 e. The van der Waals surface area contributed by atoms with Gasteiger partial charge in [0.15, 0.2) is 0 Å². The van der Waals surface area contributed by atoms with Crippen molar-refractivity contribution < 1.29 is 22.8 Å². The predicted octanol–water partition coefficient (Wildman–Crippen LogP) is 5.04. The Morgan fingerprint density at radius 3 is 2.21 bits per heavy atom. The van der Waals surface area contributed by atoms with E-state index in [1.165, 1.54) is 18.2 Å².